The van der Waals surface area contributed by atoms with E-state index in [0.717, 1.165) is 21.3 Å². The molecule has 46 heavy (non-hydrogen) atoms. The molecule has 5 aromatic rings. The van der Waals surface area contributed by atoms with E-state index in [1.54, 1.807) is 35.9 Å². The summed E-state index contributed by atoms with van der Waals surface area (Å²) < 4.78 is 20.5. The smallest absolute Gasteiger partial charge is 0.338 e. The summed E-state index contributed by atoms with van der Waals surface area (Å²) in [4.78, 5) is 44.1. The van der Waals surface area contributed by atoms with Crippen molar-refractivity contribution < 1.29 is 23.8 Å². The summed E-state index contributed by atoms with van der Waals surface area (Å²) in [7, 11) is 2.72. The average Bonchev–Trinajstić information content (AvgIpc) is 3.61. The second-order valence-corrected chi connectivity index (χ2v) is 12.2. The quantitative estimate of drug-likeness (QED) is 0.174. The molecule has 6 rings (SSSR count). The van der Waals surface area contributed by atoms with E-state index in [1.807, 2.05) is 60.8 Å². The van der Waals surface area contributed by atoms with Crippen molar-refractivity contribution in [3.8, 4) is 28.4 Å². The molecule has 0 spiro atoms. The van der Waals surface area contributed by atoms with Gasteiger partial charge in [-0.2, -0.15) is 5.10 Å². The van der Waals surface area contributed by atoms with Gasteiger partial charge in [0, 0.05) is 28.7 Å². The Labute approximate surface area is 275 Å². The molecule has 0 unspecified atom stereocenters. The number of halogens is 1. The first kappa shape index (κ1) is 30.9. The molecule has 12 heteroatoms. The molecule has 2 aromatic heterocycles. The van der Waals surface area contributed by atoms with Crippen LogP contribution in [0.5, 0.6) is 11.5 Å². The van der Waals surface area contributed by atoms with Crippen molar-refractivity contribution in [1.82, 2.24) is 14.3 Å². The van der Waals surface area contributed by atoms with Crippen molar-refractivity contribution in [2.75, 3.05) is 14.2 Å². The van der Waals surface area contributed by atoms with Gasteiger partial charge in [-0.25, -0.2) is 14.5 Å². The number of hydrogen-bond donors (Lipinski definition) is 0. The summed E-state index contributed by atoms with van der Waals surface area (Å²) in [5.74, 6) is -0.656. The third-order valence-corrected chi connectivity index (χ3v) is 8.86. The highest BCUT2D eigenvalue weighted by atomic mass is 79.9. The molecule has 3 heterocycles. The second kappa shape index (κ2) is 12.7. The number of ether oxygens (including phenoxy) is 3. The lowest BCUT2D eigenvalue weighted by Crippen LogP contribution is -2.39. The molecule has 0 saturated heterocycles. The van der Waals surface area contributed by atoms with Gasteiger partial charge in [-0.05, 0) is 55.0 Å². The number of rotatable bonds is 7. The molecular formula is C34H27BrN4O6S. The predicted octanol–water partition coefficient (Wildman–Crippen LogP) is 4.96. The third-order valence-electron chi connectivity index (χ3n) is 7.35. The average molecular weight is 700 g/mol. The molecule has 0 N–H and O–H groups in total. The van der Waals surface area contributed by atoms with Gasteiger partial charge in [0.1, 0.15) is 0 Å². The van der Waals surface area contributed by atoms with Gasteiger partial charge < -0.3 is 14.2 Å². The number of hydrogen-bond acceptors (Lipinski definition) is 9. The number of methoxy groups -OCH3 is 2. The highest BCUT2D eigenvalue weighted by molar-refractivity contribution is 9.10. The summed E-state index contributed by atoms with van der Waals surface area (Å²) in [6, 6.07) is 21.5. The number of allylic oxidation sites excluding steroid dienone is 1. The number of nitrogens with zero attached hydrogens (tertiary/aromatic N) is 4. The number of carbonyl (C=O) groups excluding carboxylic acids is 2. The Morgan fingerprint density at radius 2 is 1.74 bits per heavy atom. The Bertz CT molecular complexity index is 2200. The molecule has 10 nitrogen and oxygen atoms in total. The van der Waals surface area contributed by atoms with Crippen LogP contribution in [0, 0.1) is 0 Å². The van der Waals surface area contributed by atoms with Crippen molar-refractivity contribution in [3.63, 3.8) is 0 Å². The van der Waals surface area contributed by atoms with Crippen LogP contribution >= 0.6 is 27.3 Å². The van der Waals surface area contributed by atoms with E-state index in [1.165, 1.54) is 37.0 Å². The highest BCUT2D eigenvalue weighted by Gasteiger charge is 2.34. The monoisotopic (exact) mass is 698 g/mol. The van der Waals surface area contributed by atoms with Crippen LogP contribution in [0.1, 0.15) is 31.0 Å². The Balaban J connectivity index is 1.56. The first-order chi connectivity index (χ1) is 22.2. The van der Waals surface area contributed by atoms with E-state index in [0.29, 0.717) is 26.3 Å². The lowest BCUT2D eigenvalue weighted by atomic mass is 9.95. The van der Waals surface area contributed by atoms with Crippen molar-refractivity contribution in [2.45, 2.75) is 19.9 Å². The van der Waals surface area contributed by atoms with Crippen LogP contribution in [0.2, 0.25) is 0 Å². The normalized spacial score (nSPS) is 14.5. The van der Waals surface area contributed by atoms with Crippen LogP contribution in [0.25, 0.3) is 23.0 Å². The number of fused-ring (bicyclic) bond motifs is 1. The fourth-order valence-corrected chi connectivity index (χ4v) is 6.58. The van der Waals surface area contributed by atoms with Gasteiger partial charge in [-0.3, -0.25) is 14.2 Å². The molecule has 3 aromatic carbocycles. The molecule has 0 saturated carbocycles. The summed E-state index contributed by atoms with van der Waals surface area (Å²) in [5, 5.41) is 4.88. The van der Waals surface area contributed by atoms with E-state index < -0.39 is 18.0 Å². The van der Waals surface area contributed by atoms with Crippen LogP contribution in [0.15, 0.2) is 105 Å². The minimum Gasteiger partial charge on any atom is -0.493 e. The Morgan fingerprint density at radius 3 is 2.41 bits per heavy atom. The lowest BCUT2D eigenvalue weighted by Gasteiger charge is -2.25. The van der Waals surface area contributed by atoms with Gasteiger partial charge in [0.05, 0.1) is 47.4 Å². The van der Waals surface area contributed by atoms with Crippen LogP contribution < -0.4 is 24.4 Å². The Kier molecular flexibility index (Phi) is 8.57. The Morgan fingerprint density at radius 1 is 1.00 bits per heavy atom. The molecule has 0 fully saturated rings. The standard InChI is InChI=1S/C34H27BrN4O6S/c1-19-29(33(42)44-4)31(22-12-15-26(45-20(2)40)27(16-22)43-3)39-32(41)28(46-34(39)36-19)17-23-18-38(25-8-6-5-7-9-25)37-30(23)21-10-13-24(35)14-11-21/h5-18,31H,1-4H3/b28-17-/t31-/m0/s1. The van der Waals surface area contributed by atoms with Gasteiger partial charge in [0.2, 0.25) is 0 Å². The molecule has 0 radical (unpaired) electrons. The summed E-state index contributed by atoms with van der Waals surface area (Å²) in [6.45, 7) is 2.99. The van der Waals surface area contributed by atoms with Crippen LogP contribution in [-0.4, -0.2) is 40.5 Å². The summed E-state index contributed by atoms with van der Waals surface area (Å²) in [5.41, 5.74) is 3.98. The van der Waals surface area contributed by atoms with E-state index in [4.69, 9.17) is 19.3 Å². The minimum absolute atomic E-state index is 0.205. The van der Waals surface area contributed by atoms with Crippen molar-refractivity contribution in [3.05, 3.63) is 126 Å². The van der Waals surface area contributed by atoms with Crippen LogP contribution in [-0.2, 0) is 14.3 Å². The second-order valence-electron chi connectivity index (χ2n) is 10.3. The zero-order valence-corrected chi connectivity index (χ0v) is 27.6. The lowest BCUT2D eigenvalue weighted by molar-refractivity contribution is -0.136. The molecular weight excluding hydrogens is 672 g/mol. The van der Waals surface area contributed by atoms with Crippen molar-refractivity contribution in [2.24, 2.45) is 4.99 Å². The van der Waals surface area contributed by atoms with Crippen molar-refractivity contribution >= 4 is 45.3 Å². The zero-order valence-electron chi connectivity index (χ0n) is 25.2. The zero-order chi connectivity index (χ0) is 32.5. The number of aromatic nitrogens is 3. The van der Waals surface area contributed by atoms with Gasteiger partial charge in [-0.15, -0.1) is 0 Å². The number of esters is 2. The SMILES string of the molecule is COC(=O)C1=C(C)N=c2s/c(=C\c3cn(-c4ccccc4)nc3-c3ccc(Br)cc3)c(=O)n2[C@H]1c1ccc(OC(C)=O)c(OC)c1. The number of thiazole rings is 1. The maximum Gasteiger partial charge on any atom is 0.338 e. The van der Waals surface area contributed by atoms with Crippen LogP contribution in [0.4, 0.5) is 0 Å². The fourth-order valence-electron chi connectivity index (χ4n) is 5.28. The third kappa shape index (κ3) is 5.84. The minimum atomic E-state index is -0.885. The van der Waals surface area contributed by atoms with E-state index in [9.17, 15) is 14.4 Å². The summed E-state index contributed by atoms with van der Waals surface area (Å²) in [6.07, 6.45) is 3.68. The van der Waals surface area contributed by atoms with Gasteiger partial charge in [-0.1, -0.05) is 63.7 Å². The van der Waals surface area contributed by atoms with Gasteiger partial charge in [0.15, 0.2) is 16.3 Å². The summed E-state index contributed by atoms with van der Waals surface area (Å²) >= 11 is 4.70. The topological polar surface area (TPSA) is 114 Å². The predicted molar refractivity (Wildman–Crippen MR) is 177 cm³/mol. The number of para-hydroxylation sites is 1. The molecule has 0 aliphatic carbocycles. The Hall–Kier alpha value is -5.07. The largest absolute Gasteiger partial charge is 0.493 e. The first-order valence-corrected chi connectivity index (χ1v) is 15.7. The van der Waals surface area contributed by atoms with E-state index >= 15 is 0 Å². The number of carbonyl (C=O) groups is 2. The maximum atomic E-state index is 14.3. The van der Waals surface area contributed by atoms with Crippen LogP contribution in [0.3, 0.4) is 0 Å². The molecule has 1 atom stereocenters. The molecule has 0 amide bonds. The highest BCUT2D eigenvalue weighted by Crippen LogP contribution is 2.36. The van der Waals surface area contributed by atoms with Gasteiger partial charge >= 0.3 is 11.9 Å². The first-order valence-electron chi connectivity index (χ1n) is 14.1. The number of benzene rings is 3. The fraction of sp³-hybridized carbons (Fsp3) is 0.147. The van der Waals surface area contributed by atoms with Gasteiger partial charge in [0.25, 0.3) is 5.56 Å². The van der Waals surface area contributed by atoms with E-state index in [2.05, 4.69) is 20.9 Å². The molecule has 1 aliphatic heterocycles. The molecule has 232 valence electrons. The maximum absolute atomic E-state index is 14.3. The molecule has 1 aliphatic rings. The molecule has 0 bridgehead atoms. The van der Waals surface area contributed by atoms with E-state index in [-0.39, 0.29) is 22.6 Å². The van der Waals surface area contributed by atoms with Crippen molar-refractivity contribution in [1.29, 1.82) is 0 Å².